The Labute approximate surface area is 73.2 Å². The lowest BCUT2D eigenvalue weighted by molar-refractivity contribution is -0.0227. The third kappa shape index (κ3) is 2.32. The number of halogens is 1. The first-order chi connectivity index (χ1) is 4.83. The molecule has 1 aliphatic rings. The molecule has 0 N–H and O–H groups in total. The van der Waals surface area contributed by atoms with E-state index in [0.717, 1.165) is 17.3 Å². The van der Waals surface area contributed by atoms with Crippen LogP contribution in [0, 0.1) is 0 Å². The smallest absolute Gasteiger partial charge is 0.434 e. The number of hydrogen-bond donors (Lipinski definition) is 0. The van der Waals surface area contributed by atoms with Gasteiger partial charge in [-0.3, -0.25) is 0 Å². The zero-order chi connectivity index (χ0) is 7.40. The maximum absolute atomic E-state index is 10.5. The Kier molecular flexibility index (Phi) is 3.24. The molecule has 1 unspecified atom stereocenters. The van der Waals surface area contributed by atoms with Crippen molar-refractivity contribution in [3.05, 3.63) is 0 Å². The number of hydrogen-bond acceptors (Lipinski definition) is 3. The fourth-order valence-corrected chi connectivity index (χ4v) is 1.52. The van der Waals surface area contributed by atoms with Crippen molar-refractivity contribution in [1.29, 1.82) is 0 Å². The molecule has 58 valence electrons. The highest BCUT2D eigenvalue weighted by Crippen LogP contribution is 2.12. The van der Waals surface area contributed by atoms with Crippen LogP contribution in [0.3, 0.4) is 0 Å². The van der Waals surface area contributed by atoms with Gasteiger partial charge in [0.05, 0.1) is 6.61 Å². The molecule has 0 bridgehead atoms. The third-order valence-corrected chi connectivity index (χ3v) is 1.98. The summed E-state index contributed by atoms with van der Waals surface area (Å²) in [5.74, 6) is 0. The molecule has 1 saturated heterocycles. The van der Waals surface area contributed by atoms with Crippen molar-refractivity contribution < 1.29 is 14.3 Å². The minimum Gasteiger partial charge on any atom is -0.434 e. The molecule has 3 nitrogen and oxygen atoms in total. The fraction of sp³-hybridized carbons (Fsp3) is 0.833. The summed E-state index contributed by atoms with van der Waals surface area (Å²) in [5.41, 5.74) is 0. The highest BCUT2D eigenvalue weighted by atomic mass is 127. The third-order valence-electron chi connectivity index (χ3n) is 1.35. The van der Waals surface area contributed by atoms with E-state index in [4.69, 9.17) is 4.74 Å². The summed E-state index contributed by atoms with van der Waals surface area (Å²) < 4.78 is 10.5. The van der Waals surface area contributed by atoms with Crippen molar-refractivity contribution in [2.45, 2.75) is 18.9 Å². The molecule has 10 heavy (non-hydrogen) atoms. The van der Waals surface area contributed by atoms with E-state index in [-0.39, 0.29) is 6.10 Å². The summed E-state index contributed by atoms with van der Waals surface area (Å²) >= 11 is 2.26. The predicted octanol–water partition coefficient (Wildman–Crippen LogP) is 1.74. The van der Waals surface area contributed by atoms with E-state index in [1.54, 1.807) is 0 Å². The number of carbonyl (C=O) groups excluding carboxylic acids is 1. The summed E-state index contributed by atoms with van der Waals surface area (Å²) in [5, 5.41) is 0. The number of rotatable bonds is 2. The second kappa shape index (κ2) is 4.00. The van der Waals surface area contributed by atoms with Crippen molar-refractivity contribution in [3.63, 3.8) is 0 Å². The minimum atomic E-state index is -0.513. The molecule has 1 aliphatic heterocycles. The molecular formula is C6H9IO3. The van der Waals surface area contributed by atoms with Gasteiger partial charge in [-0.15, -0.1) is 0 Å². The van der Waals surface area contributed by atoms with E-state index in [2.05, 4.69) is 27.3 Å². The quantitative estimate of drug-likeness (QED) is 0.429. The van der Waals surface area contributed by atoms with Crippen LogP contribution in [0.25, 0.3) is 0 Å². The Morgan fingerprint density at radius 1 is 1.70 bits per heavy atom. The number of carbonyl (C=O) groups is 1. The first-order valence-corrected chi connectivity index (χ1v) is 4.75. The SMILES string of the molecule is O=C1OCCC(CCI)O1. The van der Waals surface area contributed by atoms with Crippen LogP contribution >= 0.6 is 22.6 Å². The van der Waals surface area contributed by atoms with Crippen LogP contribution < -0.4 is 0 Å². The lowest BCUT2D eigenvalue weighted by Gasteiger charge is -2.20. The maximum Gasteiger partial charge on any atom is 0.508 e. The average molecular weight is 256 g/mol. The molecule has 1 atom stereocenters. The topological polar surface area (TPSA) is 35.5 Å². The Bertz CT molecular complexity index is 124. The first-order valence-electron chi connectivity index (χ1n) is 3.22. The van der Waals surface area contributed by atoms with Gasteiger partial charge in [-0.1, -0.05) is 22.6 Å². The summed E-state index contributed by atoms with van der Waals surface area (Å²) in [6.07, 6.45) is 1.36. The lowest BCUT2D eigenvalue weighted by Crippen LogP contribution is -2.27. The number of cyclic esters (lactones) is 2. The van der Waals surface area contributed by atoms with Crippen LogP contribution in [-0.2, 0) is 9.47 Å². The monoisotopic (exact) mass is 256 g/mol. The molecule has 4 heteroatoms. The maximum atomic E-state index is 10.5. The summed E-state index contributed by atoms with van der Waals surface area (Å²) in [4.78, 5) is 10.5. The van der Waals surface area contributed by atoms with Crippen molar-refractivity contribution in [2.75, 3.05) is 11.0 Å². The van der Waals surface area contributed by atoms with Crippen LogP contribution in [0.1, 0.15) is 12.8 Å². The van der Waals surface area contributed by atoms with Crippen molar-refractivity contribution in [3.8, 4) is 0 Å². The molecule has 0 aromatic carbocycles. The zero-order valence-corrected chi connectivity index (χ0v) is 7.67. The van der Waals surface area contributed by atoms with Crippen molar-refractivity contribution in [1.82, 2.24) is 0 Å². The van der Waals surface area contributed by atoms with E-state index in [1.807, 2.05) is 0 Å². The predicted molar refractivity (Wildman–Crippen MR) is 44.3 cm³/mol. The second-order valence-corrected chi connectivity index (χ2v) is 3.18. The molecular weight excluding hydrogens is 247 g/mol. The molecule has 1 rings (SSSR count). The van der Waals surface area contributed by atoms with Gasteiger partial charge < -0.3 is 9.47 Å². The highest BCUT2D eigenvalue weighted by Gasteiger charge is 2.20. The summed E-state index contributed by atoms with van der Waals surface area (Å²) in [6.45, 7) is 0.514. The normalized spacial score (nSPS) is 25.3. The Balaban J connectivity index is 2.25. The van der Waals surface area contributed by atoms with E-state index < -0.39 is 6.16 Å². The molecule has 1 heterocycles. The van der Waals surface area contributed by atoms with Gasteiger partial charge in [-0.05, 0) is 6.42 Å². The van der Waals surface area contributed by atoms with E-state index in [1.165, 1.54) is 0 Å². The van der Waals surface area contributed by atoms with Gasteiger partial charge in [0.1, 0.15) is 6.10 Å². The van der Waals surface area contributed by atoms with Crippen molar-refractivity contribution in [2.24, 2.45) is 0 Å². The van der Waals surface area contributed by atoms with E-state index in [9.17, 15) is 4.79 Å². The molecule has 0 amide bonds. The summed E-state index contributed by atoms with van der Waals surface area (Å²) in [7, 11) is 0. The Morgan fingerprint density at radius 2 is 2.50 bits per heavy atom. The number of ether oxygens (including phenoxy) is 2. The van der Waals surface area contributed by atoms with Gasteiger partial charge in [-0.2, -0.15) is 0 Å². The van der Waals surface area contributed by atoms with Crippen LogP contribution in [0.4, 0.5) is 4.79 Å². The Hall–Kier alpha value is -0.0000000000000000555. The van der Waals surface area contributed by atoms with Crippen LogP contribution in [-0.4, -0.2) is 23.3 Å². The van der Waals surface area contributed by atoms with Gasteiger partial charge >= 0.3 is 6.16 Å². The van der Waals surface area contributed by atoms with Gasteiger partial charge in [0.25, 0.3) is 0 Å². The molecule has 0 aromatic rings. The second-order valence-electron chi connectivity index (χ2n) is 2.10. The van der Waals surface area contributed by atoms with E-state index in [0.29, 0.717) is 6.61 Å². The van der Waals surface area contributed by atoms with Gasteiger partial charge in [0, 0.05) is 10.8 Å². The van der Waals surface area contributed by atoms with Crippen LogP contribution in [0.2, 0.25) is 0 Å². The van der Waals surface area contributed by atoms with Crippen molar-refractivity contribution >= 4 is 28.7 Å². The summed E-state index contributed by atoms with van der Waals surface area (Å²) in [6, 6.07) is 0. The molecule has 1 fully saturated rings. The van der Waals surface area contributed by atoms with Gasteiger partial charge in [0.15, 0.2) is 0 Å². The number of alkyl halides is 1. The largest absolute Gasteiger partial charge is 0.508 e. The highest BCUT2D eigenvalue weighted by molar-refractivity contribution is 14.1. The fourth-order valence-electron chi connectivity index (χ4n) is 0.828. The molecule has 0 saturated carbocycles. The molecule has 0 aliphatic carbocycles. The standard InChI is InChI=1S/C6H9IO3/c7-3-1-5-2-4-9-6(8)10-5/h5H,1-4H2. The zero-order valence-electron chi connectivity index (χ0n) is 5.51. The lowest BCUT2D eigenvalue weighted by atomic mass is 10.2. The van der Waals surface area contributed by atoms with Gasteiger partial charge in [0.2, 0.25) is 0 Å². The molecule has 0 aromatic heterocycles. The minimum absolute atomic E-state index is 0.0955. The first kappa shape index (κ1) is 8.10. The van der Waals surface area contributed by atoms with Gasteiger partial charge in [-0.25, -0.2) is 4.79 Å². The van der Waals surface area contributed by atoms with E-state index >= 15 is 0 Å². The van der Waals surface area contributed by atoms with Crippen LogP contribution in [0.15, 0.2) is 0 Å². The molecule has 0 radical (unpaired) electrons. The molecule has 0 spiro atoms. The van der Waals surface area contributed by atoms with Crippen LogP contribution in [0.5, 0.6) is 0 Å². The average Bonchev–Trinajstić information content (AvgIpc) is 1.88. The Morgan fingerprint density at radius 3 is 3.10 bits per heavy atom.